The summed E-state index contributed by atoms with van der Waals surface area (Å²) in [5.41, 5.74) is 2.98. The van der Waals surface area contributed by atoms with Crippen molar-refractivity contribution in [3.8, 4) is 5.75 Å². The summed E-state index contributed by atoms with van der Waals surface area (Å²) in [5, 5.41) is 15.3. The Balaban J connectivity index is 1.93. The van der Waals surface area contributed by atoms with E-state index in [2.05, 4.69) is 10.5 Å². The minimum Gasteiger partial charge on any atom is -0.506 e. The van der Waals surface area contributed by atoms with Crippen molar-refractivity contribution in [2.75, 3.05) is 0 Å². The van der Waals surface area contributed by atoms with Crippen LogP contribution in [0.4, 0.5) is 0 Å². The zero-order chi connectivity index (χ0) is 18.7. The van der Waals surface area contributed by atoms with Gasteiger partial charge in [-0.3, -0.25) is 9.59 Å². The predicted octanol–water partition coefficient (Wildman–Crippen LogP) is 3.14. The number of hydrogen-bond donors (Lipinski definition) is 2. The van der Waals surface area contributed by atoms with Gasteiger partial charge in [0.15, 0.2) is 0 Å². The van der Waals surface area contributed by atoms with Crippen LogP contribution in [0.3, 0.4) is 0 Å². The molecule has 0 aliphatic heterocycles. The number of benzene rings is 2. The molecular weight excluding hydrogens is 354 g/mol. The largest absolute Gasteiger partial charge is 0.506 e. The molecule has 0 unspecified atom stereocenters. The van der Waals surface area contributed by atoms with Crippen molar-refractivity contribution in [3.05, 3.63) is 75.0 Å². The van der Waals surface area contributed by atoms with Gasteiger partial charge in [0.2, 0.25) is 0 Å². The van der Waals surface area contributed by atoms with E-state index in [-0.39, 0.29) is 16.9 Å². The van der Waals surface area contributed by atoms with Gasteiger partial charge in [-0.2, -0.15) is 5.10 Å². The number of carbonyl (C=O) groups is 1. The highest BCUT2D eigenvalue weighted by molar-refractivity contribution is 6.30. The summed E-state index contributed by atoms with van der Waals surface area (Å²) in [6.45, 7) is 2.28. The van der Waals surface area contributed by atoms with Crippen LogP contribution >= 0.6 is 11.6 Å². The highest BCUT2D eigenvalue weighted by Gasteiger charge is 2.14. The fourth-order valence-corrected chi connectivity index (χ4v) is 2.79. The number of halogens is 1. The molecule has 26 heavy (non-hydrogen) atoms. The summed E-state index contributed by atoms with van der Waals surface area (Å²) in [4.78, 5) is 24.6. The SMILES string of the molecule is CCn1c(=O)c(C=NNC(=O)c2ccc(Cl)cc2)c(O)c2ccccc21. The molecular formula is C19H16ClN3O3. The fourth-order valence-electron chi connectivity index (χ4n) is 2.66. The van der Waals surface area contributed by atoms with E-state index in [1.54, 1.807) is 48.5 Å². The molecule has 132 valence electrons. The highest BCUT2D eigenvalue weighted by Crippen LogP contribution is 2.25. The van der Waals surface area contributed by atoms with Crippen molar-refractivity contribution in [1.82, 2.24) is 9.99 Å². The average molecular weight is 370 g/mol. The Morgan fingerprint density at radius 3 is 2.62 bits per heavy atom. The van der Waals surface area contributed by atoms with Crippen LogP contribution in [-0.2, 0) is 6.54 Å². The van der Waals surface area contributed by atoms with E-state index >= 15 is 0 Å². The van der Waals surface area contributed by atoms with Crippen LogP contribution in [0.15, 0.2) is 58.4 Å². The zero-order valence-corrected chi connectivity index (χ0v) is 14.7. The van der Waals surface area contributed by atoms with Gasteiger partial charge in [0.25, 0.3) is 11.5 Å². The number of rotatable bonds is 4. The first-order valence-electron chi connectivity index (χ1n) is 7.96. The molecule has 1 amide bonds. The molecule has 0 atom stereocenters. The van der Waals surface area contributed by atoms with E-state index in [0.717, 1.165) is 6.21 Å². The first-order chi connectivity index (χ1) is 12.5. The molecule has 0 aliphatic carbocycles. The zero-order valence-electron chi connectivity index (χ0n) is 13.9. The van der Waals surface area contributed by atoms with Crippen LogP contribution in [0.2, 0.25) is 5.02 Å². The monoisotopic (exact) mass is 369 g/mol. The number of aromatic hydroxyl groups is 1. The highest BCUT2D eigenvalue weighted by atomic mass is 35.5. The van der Waals surface area contributed by atoms with Gasteiger partial charge >= 0.3 is 0 Å². The van der Waals surface area contributed by atoms with Gasteiger partial charge in [0, 0.05) is 22.5 Å². The molecule has 7 heteroatoms. The molecule has 3 aromatic rings. The van der Waals surface area contributed by atoms with Crippen molar-refractivity contribution in [2.24, 2.45) is 5.10 Å². The molecule has 3 rings (SSSR count). The standard InChI is InChI=1S/C19H16ClN3O3/c1-2-23-16-6-4-3-5-14(16)17(24)15(19(23)26)11-21-22-18(25)12-7-9-13(20)10-8-12/h3-11,24H,2H2,1H3,(H,22,25). The number of nitrogens with one attached hydrogen (secondary N) is 1. The number of aryl methyl sites for hydroxylation is 1. The number of para-hydroxylation sites is 1. The second kappa shape index (κ2) is 7.41. The molecule has 0 saturated heterocycles. The summed E-state index contributed by atoms with van der Waals surface area (Å²) in [6, 6.07) is 13.4. The lowest BCUT2D eigenvalue weighted by Crippen LogP contribution is -2.24. The van der Waals surface area contributed by atoms with E-state index in [0.29, 0.717) is 28.0 Å². The Morgan fingerprint density at radius 2 is 1.92 bits per heavy atom. The first kappa shape index (κ1) is 17.7. The minimum absolute atomic E-state index is 0.0157. The smallest absolute Gasteiger partial charge is 0.271 e. The van der Waals surface area contributed by atoms with Gasteiger partial charge in [-0.25, -0.2) is 5.43 Å². The molecule has 1 aromatic heterocycles. The molecule has 6 nitrogen and oxygen atoms in total. The van der Waals surface area contributed by atoms with Crippen molar-refractivity contribution >= 4 is 34.6 Å². The van der Waals surface area contributed by atoms with Crippen molar-refractivity contribution in [1.29, 1.82) is 0 Å². The van der Waals surface area contributed by atoms with Gasteiger partial charge in [-0.15, -0.1) is 0 Å². The summed E-state index contributed by atoms with van der Waals surface area (Å²) in [7, 11) is 0. The van der Waals surface area contributed by atoms with Crippen LogP contribution in [0.5, 0.6) is 5.75 Å². The third-order valence-corrected chi connectivity index (χ3v) is 4.22. The second-order valence-corrected chi connectivity index (χ2v) is 5.97. The van der Waals surface area contributed by atoms with E-state index < -0.39 is 5.91 Å². The van der Waals surface area contributed by atoms with E-state index in [1.807, 2.05) is 6.92 Å². The Labute approximate surface area is 154 Å². The van der Waals surface area contributed by atoms with Crippen LogP contribution in [0.1, 0.15) is 22.8 Å². The molecule has 0 bridgehead atoms. The number of nitrogens with zero attached hydrogens (tertiary/aromatic N) is 2. The summed E-state index contributed by atoms with van der Waals surface area (Å²) in [5.74, 6) is -0.617. The summed E-state index contributed by atoms with van der Waals surface area (Å²) < 4.78 is 1.54. The van der Waals surface area contributed by atoms with Crippen molar-refractivity contribution in [3.63, 3.8) is 0 Å². The Hall–Kier alpha value is -3.12. The quantitative estimate of drug-likeness (QED) is 0.547. The molecule has 0 radical (unpaired) electrons. The van der Waals surface area contributed by atoms with Gasteiger partial charge in [-0.05, 0) is 43.3 Å². The third kappa shape index (κ3) is 3.32. The normalized spacial score (nSPS) is 11.2. The molecule has 0 aliphatic rings. The minimum atomic E-state index is -0.450. The van der Waals surface area contributed by atoms with Gasteiger partial charge in [0.05, 0.1) is 11.7 Å². The molecule has 2 N–H and O–H groups in total. The Kier molecular flexibility index (Phi) is 5.04. The fraction of sp³-hybridized carbons (Fsp3) is 0.105. The average Bonchev–Trinajstić information content (AvgIpc) is 2.65. The molecule has 2 aromatic carbocycles. The lowest BCUT2D eigenvalue weighted by molar-refractivity contribution is 0.0955. The van der Waals surface area contributed by atoms with Gasteiger partial charge in [0.1, 0.15) is 11.3 Å². The lowest BCUT2D eigenvalue weighted by atomic mass is 10.1. The van der Waals surface area contributed by atoms with E-state index in [9.17, 15) is 14.7 Å². The molecule has 0 spiro atoms. The van der Waals surface area contributed by atoms with Crippen molar-refractivity contribution < 1.29 is 9.90 Å². The predicted molar refractivity (Wildman–Crippen MR) is 102 cm³/mol. The van der Waals surface area contributed by atoms with Gasteiger partial charge < -0.3 is 9.67 Å². The summed E-state index contributed by atoms with van der Waals surface area (Å²) >= 11 is 5.79. The van der Waals surface area contributed by atoms with Gasteiger partial charge in [-0.1, -0.05) is 23.7 Å². The molecule has 1 heterocycles. The Bertz CT molecular complexity index is 1060. The van der Waals surface area contributed by atoms with E-state index in [1.165, 1.54) is 4.57 Å². The maximum absolute atomic E-state index is 12.6. The lowest BCUT2D eigenvalue weighted by Gasteiger charge is -2.11. The van der Waals surface area contributed by atoms with Crippen LogP contribution < -0.4 is 11.0 Å². The number of fused-ring (bicyclic) bond motifs is 1. The maximum Gasteiger partial charge on any atom is 0.271 e. The maximum atomic E-state index is 12.6. The van der Waals surface area contributed by atoms with Crippen molar-refractivity contribution in [2.45, 2.75) is 13.5 Å². The van der Waals surface area contributed by atoms with Crippen LogP contribution in [0, 0.1) is 0 Å². The first-order valence-corrected chi connectivity index (χ1v) is 8.34. The molecule has 0 fully saturated rings. The van der Waals surface area contributed by atoms with E-state index in [4.69, 9.17) is 11.6 Å². The number of amides is 1. The summed E-state index contributed by atoms with van der Waals surface area (Å²) in [6.07, 6.45) is 1.16. The second-order valence-electron chi connectivity index (χ2n) is 5.53. The number of pyridine rings is 1. The Morgan fingerprint density at radius 1 is 1.23 bits per heavy atom. The number of hydrazone groups is 1. The third-order valence-electron chi connectivity index (χ3n) is 3.96. The van der Waals surface area contributed by atoms with Crippen LogP contribution in [-0.4, -0.2) is 21.8 Å². The number of hydrogen-bond acceptors (Lipinski definition) is 4. The number of aromatic nitrogens is 1. The topological polar surface area (TPSA) is 83.7 Å². The number of carbonyl (C=O) groups excluding carboxylic acids is 1. The molecule has 0 saturated carbocycles. The van der Waals surface area contributed by atoms with Crippen LogP contribution in [0.25, 0.3) is 10.9 Å².